The molecule has 0 N–H and O–H groups in total. The molecule has 0 aromatic heterocycles. The number of para-hydroxylation sites is 3. The Hall–Kier alpha value is -16.8. The minimum absolute atomic E-state index is 1.11. The van der Waals surface area contributed by atoms with Crippen molar-refractivity contribution in [2.75, 3.05) is 50.5 Å². The van der Waals surface area contributed by atoms with Gasteiger partial charge in [-0.3, -0.25) is 0 Å². The number of hydrogen-bond donors (Lipinski definition) is 0. The van der Waals surface area contributed by atoms with Crippen molar-refractivity contribution >= 4 is 171 Å². The highest BCUT2D eigenvalue weighted by Crippen LogP contribution is 2.47. The van der Waals surface area contributed by atoms with Gasteiger partial charge < -0.3 is 29.4 Å². The van der Waals surface area contributed by atoms with E-state index in [9.17, 15) is 0 Å². The molecule has 0 saturated carbocycles. The lowest BCUT2D eigenvalue weighted by Crippen LogP contribution is -2.12. The van der Waals surface area contributed by atoms with Crippen molar-refractivity contribution in [3.8, 4) is 33.4 Å². The lowest BCUT2D eigenvalue weighted by Gasteiger charge is -2.27. The van der Waals surface area contributed by atoms with Crippen molar-refractivity contribution in [2.24, 2.45) is 0 Å². The lowest BCUT2D eigenvalue weighted by atomic mass is 9.89. The van der Waals surface area contributed by atoms with E-state index in [4.69, 9.17) is 0 Å². The van der Waals surface area contributed by atoms with Crippen LogP contribution in [0, 0.1) is 0 Å². The third-order valence-electron chi connectivity index (χ3n) is 25.3. The molecule has 0 unspecified atom stereocenters. The lowest BCUT2D eigenvalue weighted by molar-refractivity contribution is 1.21. The number of anilines is 15. The molecule has 0 saturated heterocycles. The first-order valence-corrected chi connectivity index (χ1v) is 44.2. The van der Waals surface area contributed by atoms with Crippen LogP contribution in [-0.4, -0.2) is 21.1 Å². The van der Waals surface area contributed by atoms with Gasteiger partial charge in [-0.05, 0) is 291 Å². The van der Waals surface area contributed by atoms with Crippen molar-refractivity contribution < 1.29 is 0 Å². The monoisotopic (exact) mass is 1650 g/mol. The minimum atomic E-state index is 1.11. The third-order valence-corrected chi connectivity index (χ3v) is 25.3. The SMILES string of the molecule is CN(c1ccc(N(c2ccccc2)c2ccc(-c3ccccc3)cc2)cc1)c1cc2ccccc2c2ccccc12.CN(c1ccc(N(c2ccccc2)c2ccc(-c3ccccc3)cc2)cc1)c1ccc2c3cccc4cccc(c5cccc1c52)c43.CN(c1ccc(N(c2ccccc2)c2ccc(-c3ccccc3)cc2)cc1)c1ccc2cc3ccccc3cc2c1. The maximum Gasteiger partial charge on any atom is 0.0494 e. The van der Waals surface area contributed by atoms with Gasteiger partial charge in [-0.25, -0.2) is 0 Å². The van der Waals surface area contributed by atoms with Crippen molar-refractivity contribution in [1.82, 2.24) is 0 Å². The Morgan fingerprint density at radius 2 is 0.395 bits per heavy atom. The van der Waals surface area contributed by atoms with Gasteiger partial charge >= 0.3 is 0 Å². The topological polar surface area (TPSA) is 19.4 Å². The fourth-order valence-corrected chi connectivity index (χ4v) is 18.6. The van der Waals surface area contributed by atoms with Crippen molar-refractivity contribution in [2.45, 2.75) is 0 Å². The molecular weight excluding hydrogens is 1560 g/mol. The largest absolute Gasteiger partial charge is 0.345 e. The Morgan fingerprint density at radius 3 is 0.829 bits per heavy atom. The van der Waals surface area contributed by atoms with Crippen molar-refractivity contribution in [3.05, 3.63) is 504 Å². The molecule has 0 aliphatic heterocycles. The van der Waals surface area contributed by atoms with Crippen LogP contribution in [0.4, 0.5) is 85.3 Å². The fraction of sp³-hybridized carbons (Fsp3) is 0.0244. The van der Waals surface area contributed by atoms with Gasteiger partial charge in [-0.1, -0.05) is 322 Å². The zero-order valence-corrected chi connectivity index (χ0v) is 72.1. The molecule has 23 aromatic rings. The van der Waals surface area contributed by atoms with Crippen LogP contribution >= 0.6 is 0 Å². The van der Waals surface area contributed by atoms with Crippen LogP contribution in [-0.2, 0) is 0 Å². The highest BCUT2D eigenvalue weighted by atomic mass is 15.2. The van der Waals surface area contributed by atoms with Gasteiger partial charge in [0, 0.05) is 117 Å². The highest BCUT2D eigenvalue weighted by molar-refractivity contribution is 6.34. The summed E-state index contributed by atoms with van der Waals surface area (Å²) in [5.41, 5.74) is 24.4. The second kappa shape index (κ2) is 35.4. The summed E-state index contributed by atoms with van der Waals surface area (Å²) < 4.78 is 0. The summed E-state index contributed by atoms with van der Waals surface area (Å²) in [5, 5.41) is 20.6. The molecule has 0 aliphatic rings. The highest BCUT2D eigenvalue weighted by Gasteiger charge is 2.22. The van der Waals surface area contributed by atoms with Gasteiger partial charge in [-0.15, -0.1) is 0 Å². The molecule has 0 heterocycles. The zero-order chi connectivity index (χ0) is 86.5. The molecule has 23 rings (SSSR count). The van der Waals surface area contributed by atoms with Crippen LogP contribution in [0.3, 0.4) is 0 Å². The smallest absolute Gasteiger partial charge is 0.0494 e. The normalized spacial score (nSPS) is 11.2. The van der Waals surface area contributed by atoms with Crippen LogP contribution < -0.4 is 29.4 Å². The quantitative estimate of drug-likeness (QED) is 0.0625. The molecule has 0 fully saturated rings. The Kier molecular flexibility index (Phi) is 21.8. The van der Waals surface area contributed by atoms with Crippen LogP contribution in [0.15, 0.2) is 504 Å². The summed E-state index contributed by atoms with van der Waals surface area (Å²) in [6.07, 6.45) is 0. The Labute approximate surface area is 753 Å². The van der Waals surface area contributed by atoms with Crippen LogP contribution in [0.25, 0.3) is 120 Å². The summed E-state index contributed by atoms with van der Waals surface area (Å²) in [6, 6.07) is 180. The van der Waals surface area contributed by atoms with Crippen molar-refractivity contribution in [3.63, 3.8) is 0 Å². The Bertz CT molecular complexity index is 7790. The molecule has 129 heavy (non-hydrogen) atoms. The molecule has 0 radical (unpaired) electrons. The average Bonchev–Trinajstić information content (AvgIpc) is 0.719. The summed E-state index contributed by atoms with van der Waals surface area (Å²) in [7, 11) is 6.46. The molecular formula is C123H92N6. The van der Waals surface area contributed by atoms with E-state index in [1.165, 1.54) is 131 Å². The number of nitrogens with zero attached hydrogens (tertiary/aromatic N) is 6. The van der Waals surface area contributed by atoms with Crippen LogP contribution in [0.2, 0.25) is 0 Å². The van der Waals surface area contributed by atoms with E-state index >= 15 is 0 Å². The minimum Gasteiger partial charge on any atom is -0.345 e. The first kappa shape index (κ1) is 79.4. The molecule has 0 bridgehead atoms. The summed E-state index contributed by atoms with van der Waals surface area (Å²) in [5.74, 6) is 0. The standard InChI is InChI=1S/C45H32N2.2C39H30N2/c1-46(43-30-29-41-39-18-9-14-33-13-8-17-38(44(33)39)40-19-10-20-42(43)45(40)41)34-25-27-37(28-26-34)47(35-15-6-3-7-16-35)36-23-21-32(22-24-36)31-11-4-2-5-12-31;1-40(39-28-31-14-8-9-17-36(31)37-18-10-11-19-38(37)39)32-24-26-35(27-25-32)41(33-15-6-3-7-16-33)34-22-20-30(21-23-34)29-12-4-2-5-13-29;1-40(39-21-18-33-26-31-12-8-9-13-32(31)27-34(33)28-39)35-22-24-38(25-23-35)41(36-14-6-3-7-15-36)37-19-16-30(17-20-37)29-10-4-2-5-11-29/h2-30H,1H3;2*2-28H,1H3. The van der Waals surface area contributed by atoms with Gasteiger partial charge in [0.05, 0.1) is 0 Å². The maximum atomic E-state index is 2.32. The first-order chi connectivity index (χ1) is 63.7. The average molecular weight is 1650 g/mol. The predicted octanol–water partition coefficient (Wildman–Crippen LogP) is 34.4. The van der Waals surface area contributed by atoms with Crippen LogP contribution in [0.1, 0.15) is 0 Å². The van der Waals surface area contributed by atoms with E-state index in [2.05, 4.69) is 554 Å². The molecule has 0 amide bonds. The third kappa shape index (κ3) is 16.0. The molecule has 614 valence electrons. The molecule has 6 heteroatoms. The van der Waals surface area contributed by atoms with E-state index in [1.54, 1.807) is 0 Å². The van der Waals surface area contributed by atoms with E-state index in [-0.39, 0.29) is 0 Å². The molecule has 0 aliphatic carbocycles. The van der Waals surface area contributed by atoms with Crippen molar-refractivity contribution in [1.29, 1.82) is 0 Å². The molecule has 0 atom stereocenters. The van der Waals surface area contributed by atoms with Gasteiger partial charge in [0.2, 0.25) is 0 Å². The molecule has 0 spiro atoms. The summed E-state index contributed by atoms with van der Waals surface area (Å²) in [6.45, 7) is 0. The predicted molar refractivity (Wildman–Crippen MR) is 554 cm³/mol. The number of rotatable bonds is 18. The van der Waals surface area contributed by atoms with Gasteiger partial charge in [0.1, 0.15) is 0 Å². The number of fused-ring (bicyclic) bond motifs is 7. The first-order valence-electron chi connectivity index (χ1n) is 44.2. The summed E-state index contributed by atoms with van der Waals surface area (Å²) in [4.78, 5) is 13.8. The second-order valence-corrected chi connectivity index (χ2v) is 32.9. The zero-order valence-electron chi connectivity index (χ0n) is 72.1. The molecule has 6 nitrogen and oxygen atoms in total. The second-order valence-electron chi connectivity index (χ2n) is 32.9. The number of hydrogen-bond acceptors (Lipinski definition) is 6. The summed E-state index contributed by atoms with van der Waals surface area (Å²) >= 11 is 0. The van der Waals surface area contributed by atoms with Gasteiger partial charge in [0.15, 0.2) is 0 Å². The Balaban J connectivity index is 0.000000118. The van der Waals surface area contributed by atoms with Gasteiger partial charge in [-0.2, -0.15) is 0 Å². The maximum absolute atomic E-state index is 2.32. The molecule has 23 aromatic carbocycles. The van der Waals surface area contributed by atoms with E-state index in [1.807, 2.05) is 0 Å². The van der Waals surface area contributed by atoms with E-state index in [0.717, 1.165) is 73.9 Å². The fourth-order valence-electron chi connectivity index (χ4n) is 18.6. The van der Waals surface area contributed by atoms with Crippen LogP contribution in [0.5, 0.6) is 0 Å². The van der Waals surface area contributed by atoms with E-state index in [0.29, 0.717) is 0 Å². The number of benzene rings is 23. The Morgan fingerprint density at radius 1 is 0.124 bits per heavy atom. The van der Waals surface area contributed by atoms with Gasteiger partial charge in [0.25, 0.3) is 0 Å². The van der Waals surface area contributed by atoms with E-state index < -0.39 is 0 Å².